The van der Waals surface area contributed by atoms with Gasteiger partial charge >= 0.3 is 0 Å². The zero-order valence-corrected chi connectivity index (χ0v) is 33.3. The molecule has 304 valence electrons. The van der Waals surface area contributed by atoms with E-state index in [1.807, 2.05) is 30.5 Å². The number of aryl methyl sites for hydroxylation is 2. The van der Waals surface area contributed by atoms with E-state index in [2.05, 4.69) is 20.5 Å². The van der Waals surface area contributed by atoms with Crippen molar-refractivity contribution in [3.63, 3.8) is 0 Å². The van der Waals surface area contributed by atoms with Crippen LogP contribution in [-0.4, -0.2) is 88.3 Å². The van der Waals surface area contributed by atoms with Crippen LogP contribution in [0, 0.1) is 0 Å². The molecule has 5 amide bonds. The molecule has 3 aliphatic rings. The molecule has 14 heteroatoms. The first-order valence-electron chi connectivity index (χ1n) is 20.1. The van der Waals surface area contributed by atoms with Gasteiger partial charge in [-0.15, -0.1) is 0 Å². The van der Waals surface area contributed by atoms with E-state index in [4.69, 9.17) is 9.47 Å². The highest BCUT2D eigenvalue weighted by Gasteiger charge is 2.45. The number of amides is 5. The molecule has 0 aliphatic carbocycles. The molecule has 2 aromatic carbocycles. The Morgan fingerprint density at radius 2 is 1.60 bits per heavy atom. The fourth-order valence-corrected chi connectivity index (χ4v) is 8.41. The van der Waals surface area contributed by atoms with Gasteiger partial charge in [0, 0.05) is 57.3 Å². The summed E-state index contributed by atoms with van der Waals surface area (Å²) < 4.78 is 13.3. The Balaban J connectivity index is 0.832. The fourth-order valence-electron chi connectivity index (χ4n) is 8.41. The average Bonchev–Trinajstić information content (AvgIpc) is 3.47. The number of rotatable bonds is 17. The number of fused-ring (bicyclic) bond motifs is 2. The van der Waals surface area contributed by atoms with E-state index in [1.165, 1.54) is 0 Å². The molecule has 2 N–H and O–H groups in total. The Morgan fingerprint density at radius 3 is 2.29 bits per heavy atom. The van der Waals surface area contributed by atoms with Crippen molar-refractivity contribution in [2.45, 2.75) is 89.3 Å². The van der Waals surface area contributed by atoms with Crippen LogP contribution in [0.4, 0.5) is 0 Å². The molecular weight excluding hydrogens is 741 g/mol. The van der Waals surface area contributed by atoms with E-state index in [1.54, 1.807) is 50.4 Å². The van der Waals surface area contributed by atoms with Crippen molar-refractivity contribution in [3.05, 3.63) is 87.6 Å². The van der Waals surface area contributed by atoms with E-state index in [0.717, 1.165) is 90.5 Å². The van der Waals surface area contributed by atoms with Crippen LogP contribution in [0.15, 0.2) is 59.8 Å². The third-order valence-corrected chi connectivity index (χ3v) is 11.7. The maximum Gasteiger partial charge on any atom is 0.262 e. The number of nitrogens with zero attached hydrogens (tertiary/aromatic N) is 4. The number of unbranched alkanes of at least 4 members (excludes halogenated alkanes) is 6. The third-order valence-electron chi connectivity index (χ3n) is 11.7. The Morgan fingerprint density at radius 1 is 0.879 bits per heavy atom. The molecule has 2 aromatic heterocycles. The van der Waals surface area contributed by atoms with E-state index < -0.39 is 29.7 Å². The minimum absolute atomic E-state index is 0.0268. The van der Waals surface area contributed by atoms with Crippen molar-refractivity contribution < 1.29 is 33.4 Å². The van der Waals surface area contributed by atoms with Crippen LogP contribution in [0.1, 0.15) is 96.1 Å². The molecule has 0 saturated carbocycles. The number of imide groups is 2. The number of hydrogen-bond acceptors (Lipinski definition) is 10. The van der Waals surface area contributed by atoms with Gasteiger partial charge in [-0.1, -0.05) is 44.2 Å². The lowest BCUT2D eigenvalue weighted by Gasteiger charge is -2.40. The summed E-state index contributed by atoms with van der Waals surface area (Å²) in [5.41, 5.74) is 3.95. The van der Waals surface area contributed by atoms with Crippen molar-refractivity contribution in [2.75, 3.05) is 27.3 Å². The number of methoxy groups -OCH3 is 2. The summed E-state index contributed by atoms with van der Waals surface area (Å²) in [5, 5.41) is 6.69. The quantitative estimate of drug-likeness (QED) is 0.113. The van der Waals surface area contributed by atoms with Crippen LogP contribution < -0.4 is 25.7 Å². The zero-order chi connectivity index (χ0) is 40.9. The predicted molar refractivity (Wildman–Crippen MR) is 216 cm³/mol. The van der Waals surface area contributed by atoms with Crippen LogP contribution in [0.25, 0.3) is 21.9 Å². The molecule has 2 saturated heterocycles. The maximum atomic E-state index is 13.3. The van der Waals surface area contributed by atoms with E-state index >= 15 is 0 Å². The molecule has 7 rings (SSSR count). The van der Waals surface area contributed by atoms with Gasteiger partial charge in [0.25, 0.3) is 17.4 Å². The first-order valence-corrected chi connectivity index (χ1v) is 20.1. The standard InChI is InChI=1S/C44H50N6O8/c1-48-25-32(29-17-20-45-24-31(29)42(48)54)28-22-36(57-2)33(37(23-28)58-3)26-49-21-18-34(49)40(52)46-19-10-8-6-4-5-7-9-12-27-13-11-14-30-39(27)44(56)50(43(30)55)35-15-16-38(51)47-41(35)53/h11,13-14,17,20,22-25,34-35H,4-10,12,15-16,18-19,21,26H2,1-3H3,(H,46,52)(H,47,51,53)/t34-,35?/m0/s1. The van der Waals surface area contributed by atoms with Crippen molar-refractivity contribution >= 4 is 40.3 Å². The van der Waals surface area contributed by atoms with Crippen LogP contribution in [0.3, 0.4) is 0 Å². The van der Waals surface area contributed by atoms with E-state index in [-0.39, 0.29) is 30.3 Å². The number of likely N-dealkylation sites (tertiary alicyclic amines) is 1. The number of ether oxygens (including phenoxy) is 2. The maximum absolute atomic E-state index is 13.3. The molecule has 58 heavy (non-hydrogen) atoms. The normalized spacial score (nSPS) is 17.9. The number of carbonyl (C=O) groups excluding carboxylic acids is 5. The monoisotopic (exact) mass is 790 g/mol. The molecule has 2 atom stereocenters. The molecule has 0 bridgehead atoms. The van der Waals surface area contributed by atoms with E-state index in [9.17, 15) is 28.8 Å². The summed E-state index contributed by atoms with van der Waals surface area (Å²) in [5.74, 6) is -0.622. The van der Waals surface area contributed by atoms with Gasteiger partial charge in [0.2, 0.25) is 17.7 Å². The van der Waals surface area contributed by atoms with Gasteiger partial charge in [0.15, 0.2) is 0 Å². The number of aromatic nitrogens is 2. The molecule has 2 fully saturated rings. The Bertz CT molecular complexity index is 2300. The van der Waals surface area contributed by atoms with Crippen molar-refractivity contribution in [1.29, 1.82) is 0 Å². The molecule has 3 aliphatic heterocycles. The lowest BCUT2D eigenvalue weighted by Crippen LogP contribution is -2.55. The van der Waals surface area contributed by atoms with Crippen LogP contribution in [0.5, 0.6) is 11.5 Å². The lowest BCUT2D eigenvalue weighted by atomic mass is 9.96. The summed E-state index contributed by atoms with van der Waals surface area (Å²) in [6, 6.07) is 9.82. The second-order valence-corrected chi connectivity index (χ2v) is 15.3. The first kappa shape index (κ1) is 40.3. The molecule has 5 heterocycles. The molecule has 4 aromatic rings. The van der Waals surface area contributed by atoms with Crippen LogP contribution in [0.2, 0.25) is 0 Å². The van der Waals surface area contributed by atoms with Gasteiger partial charge < -0.3 is 19.4 Å². The van der Waals surface area contributed by atoms with Gasteiger partial charge in [0.05, 0.1) is 42.3 Å². The van der Waals surface area contributed by atoms with E-state index in [0.29, 0.717) is 47.5 Å². The number of benzene rings is 2. The Labute approximate surface area is 336 Å². The summed E-state index contributed by atoms with van der Waals surface area (Å²) in [6.07, 6.45) is 13.7. The number of piperidine rings is 1. The largest absolute Gasteiger partial charge is 0.496 e. The van der Waals surface area contributed by atoms with Crippen molar-refractivity contribution in [2.24, 2.45) is 7.05 Å². The minimum atomic E-state index is -0.967. The smallest absolute Gasteiger partial charge is 0.262 e. The second-order valence-electron chi connectivity index (χ2n) is 15.3. The molecular formula is C44H50N6O8. The van der Waals surface area contributed by atoms with Crippen LogP contribution >= 0.6 is 0 Å². The second kappa shape index (κ2) is 17.7. The van der Waals surface area contributed by atoms with Crippen LogP contribution in [-0.2, 0) is 34.4 Å². The Kier molecular flexibility index (Phi) is 12.3. The molecule has 1 unspecified atom stereocenters. The SMILES string of the molecule is COc1cc(-c2cn(C)c(=O)c3cnccc23)cc(OC)c1CN1CC[C@H]1C(=O)NCCCCCCCCCc1cccc2c1C(=O)N(C1CCC(=O)NC1=O)C2=O. The van der Waals surface area contributed by atoms with Gasteiger partial charge in [-0.3, -0.25) is 48.9 Å². The lowest BCUT2D eigenvalue weighted by molar-refractivity contribution is -0.136. The molecule has 14 nitrogen and oxygen atoms in total. The van der Waals surface area contributed by atoms with Gasteiger partial charge in [-0.05, 0) is 72.9 Å². The minimum Gasteiger partial charge on any atom is -0.496 e. The summed E-state index contributed by atoms with van der Waals surface area (Å²) in [7, 11) is 4.96. The number of hydrogen-bond donors (Lipinski definition) is 2. The van der Waals surface area contributed by atoms with Crippen molar-refractivity contribution in [1.82, 2.24) is 30.0 Å². The number of nitrogens with one attached hydrogen (secondary N) is 2. The van der Waals surface area contributed by atoms with Crippen molar-refractivity contribution in [3.8, 4) is 22.6 Å². The van der Waals surface area contributed by atoms with Gasteiger partial charge in [0.1, 0.15) is 17.5 Å². The highest BCUT2D eigenvalue weighted by atomic mass is 16.5. The molecule has 0 radical (unpaired) electrons. The molecule has 0 spiro atoms. The summed E-state index contributed by atoms with van der Waals surface area (Å²) in [6.45, 7) is 1.90. The van der Waals surface area contributed by atoms with Gasteiger partial charge in [-0.2, -0.15) is 0 Å². The average molecular weight is 791 g/mol. The zero-order valence-electron chi connectivity index (χ0n) is 33.3. The summed E-state index contributed by atoms with van der Waals surface area (Å²) >= 11 is 0. The number of carbonyl (C=O) groups is 5. The highest BCUT2D eigenvalue weighted by Crippen LogP contribution is 2.39. The highest BCUT2D eigenvalue weighted by molar-refractivity contribution is 6.24. The Hall–Kier alpha value is -5.89. The predicted octanol–water partition coefficient (Wildman–Crippen LogP) is 4.68. The topological polar surface area (TPSA) is 169 Å². The number of pyridine rings is 2. The third kappa shape index (κ3) is 8.11. The summed E-state index contributed by atoms with van der Waals surface area (Å²) in [4.78, 5) is 83.7. The first-order chi connectivity index (χ1) is 28.1. The fraction of sp³-hybridized carbons (Fsp3) is 0.432. The van der Waals surface area contributed by atoms with Gasteiger partial charge in [-0.25, -0.2) is 0 Å².